The predicted octanol–water partition coefficient (Wildman–Crippen LogP) is 3.21. The van der Waals surface area contributed by atoms with E-state index in [1.54, 1.807) is 0 Å². The number of carbonyl (C=O) groups excluding carboxylic acids is 1. The molecule has 0 saturated heterocycles. The summed E-state index contributed by atoms with van der Waals surface area (Å²) in [6.45, 7) is 6.74. The molecule has 2 aliphatic carbocycles. The van der Waals surface area contributed by atoms with E-state index in [1.807, 2.05) is 0 Å². The molecule has 1 amide bonds. The summed E-state index contributed by atoms with van der Waals surface area (Å²) in [5.74, 6) is 0.0102. The van der Waals surface area contributed by atoms with Crippen LogP contribution in [-0.2, 0) is 9.59 Å². The molecule has 0 aromatic heterocycles. The number of carboxylic acids is 1. The van der Waals surface area contributed by atoms with Gasteiger partial charge in [-0.05, 0) is 56.3 Å². The van der Waals surface area contributed by atoms with Gasteiger partial charge in [0.05, 0.1) is 5.92 Å². The van der Waals surface area contributed by atoms with E-state index < -0.39 is 5.97 Å². The summed E-state index contributed by atoms with van der Waals surface area (Å²) in [7, 11) is 0. The van der Waals surface area contributed by atoms with E-state index in [2.05, 4.69) is 26.1 Å². The molecule has 4 nitrogen and oxygen atoms in total. The minimum atomic E-state index is -0.692. The van der Waals surface area contributed by atoms with Gasteiger partial charge < -0.3 is 10.4 Å². The Morgan fingerprint density at radius 3 is 2.19 bits per heavy atom. The molecule has 2 aliphatic rings. The lowest BCUT2D eigenvalue weighted by molar-refractivity contribution is -0.142. The summed E-state index contributed by atoms with van der Waals surface area (Å²) in [5, 5.41) is 12.2. The molecule has 0 spiro atoms. The van der Waals surface area contributed by atoms with E-state index in [0.29, 0.717) is 18.8 Å². The number of carbonyl (C=O) groups is 2. The lowest BCUT2D eigenvalue weighted by Gasteiger charge is -2.39. The Balaban J connectivity index is 1.83. The molecule has 0 radical (unpaired) electrons. The molecule has 2 rings (SSSR count). The van der Waals surface area contributed by atoms with Gasteiger partial charge in [0.2, 0.25) is 5.91 Å². The molecule has 21 heavy (non-hydrogen) atoms. The molecule has 4 heteroatoms. The van der Waals surface area contributed by atoms with Crippen LogP contribution in [0.1, 0.15) is 65.7 Å². The Morgan fingerprint density at radius 2 is 1.67 bits per heavy atom. The molecule has 0 aromatic rings. The van der Waals surface area contributed by atoms with Crippen LogP contribution in [-0.4, -0.2) is 23.0 Å². The van der Waals surface area contributed by atoms with Crippen LogP contribution in [0.4, 0.5) is 0 Å². The average Bonchev–Trinajstić information content (AvgIpc) is 2.36. The lowest BCUT2D eigenvalue weighted by Crippen LogP contribution is -2.44. The van der Waals surface area contributed by atoms with Crippen molar-refractivity contribution in [3.05, 3.63) is 0 Å². The molecular formula is C17H29NO3. The largest absolute Gasteiger partial charge is 0.481 e. The minimum Gasteiger partial charge on any atom is -0.481 e. The zero-order valence-corrected chi connectivity index (χ0v) is 13.5. The van der Waals surface area contributed by atoms with E-state index in [0.717, 1.165) is 25.7 Å². The summed E-state index contributed by atoms with van der Waals surface area (Å²) in [4.78, 5) is 23.4. The molecule has 0 aromatic carbocycles. The number of nitrogens with one attached hydrogen (secondary N) is 1. The van der Waals surface area contributed by atoms with Gasteiger partial charge in [-0.3, -0.25) is 9.59 Å². The van der Waals surface area contributed by atoms with E-state index in [4.69, 9.17) is 5.11 Å². The highest BCUT2D eigenvalue weighted by Gasteiger charge is 2.36. The molecule has 2 fully saturated rings. The molecule has 2 saturated carbocycles. The van der Waals surface area contributed by atoms with Crippen molar-refractivity contribution in [2.75, 3.05) is 0 Å². The SMILES string of the molecule is CC1CC(C(=O)NC2CCC(C(=O)O)CC2)CC(C)(C)C1. The number of carboxylic acid groups (broad SMARTS) is 1. The van der Waals surface area contributed by atoms with Crippen LogP contribution in [0, 0.1) is 23.2 Å². The van der Waals surface area contributed by atoms with Crippen molar-refractivity contribution in [1.29, 1.82) is 0 Å². The van der Waals surface area contributed by atoms with Crippen LogP contribution in [0.3, 0.4) is 0 Å². The Bertz CT molecular complexity index is 397. The molecule has 0 aliphatic heterocycles. The number of amides is 1. The van der Waals surface area contributed by atoms with E-state index in [9.17, 15) is 9.59 Å². The Kier molecular flexibility index (Phi) is 4.95. The molecule has 120 valence electrons. The fraction of sp³-hybridized carbons (Fsp3) is 0.882. The number of hydrogen-bond donors (Lipinski definition) is 2. The summed E-state index contributed by atoms with van der Waals surface area (Å²) < 4.78 is 0. The molecule has 2 unspecified atom stereocenters. The van der Waals surface area contributed by atoms with Crippen LogP contribution < -0.4 is 5.32 Å². The third-order valence-corrected chi connectivity index (χ3v) is 5.18. The summed E-state index contributed by atoms with van der Waals surface area (Å²) in [6, 6.07) is 0.174. The summed E-state index contributed by atoms with van der Waals surface area (Å²) in [5.41, 5.74) is 0.251. The van der Waals surface area contributed by atoms with Gasteiger partial charge in [0.25, 0.3) is 0 Å². The molecule has 2 N–H and O–H groups in total. The van der Waals surface area contributed by atoms with Crippen molar-refractivity contribution >= 4 is 11.9 Å². The smallest absolute Gasteiger partial charge is 0.306 e. The Hall–Kier alpha value is -1.06. The van der Waals surface area contributed by atoms with Crippen molar-refractivity contribution < 1.29 is 14.7 Å². The van der Waals surface area contributed by atoms with Gasteiger partial charge in [0.1, 0.15) is 0 Å². The van der Waals surface area contributed by atoms with Crippen LogP contribution in [0.2, 0.25) is 0 Å². The van der Waals surface area contributed by atoms with E-state index in [-0.39, 0.29) is 29.2 Å². The van der Waals surface area contributed by atoms with Crippen molar-refractivity contribution in [1.82, 2.24) is 5.32 Å². The average molecular weight is 295 g/mol. The zero-order chi connectivity index (χ0) is 15.6. The van der Waals surface area contributed by atoms with Gasteiger partial charge in [-0.15, -0.1) is 0 Å². The lowest BCUT2D eigenvalue weighted by atomic mass is 9.68. The van der Waals surface area contributed by atoms with Crippen LogP contribution >= 0.6 is 0 Å². The second-order valence-corrected chi connectivity index (χ2v) is 8.01. The van der Waals surface area contributed by atoms with E-state index in [1.165, 1.54) is 6.42 Å². The fourth-order valence-electron chi connectivity index (χ4n) is 4.35. The maximum atomic E-state index is 12.5. The number of rotatable bonds is 3. The second-order valence-electron chi connectivity index (χ2n) is 8.01. The highest BCUT2D eigenvalue weighted by Crippen LogP contribution is 2.41. The molecule has 0 heterocycles. The van der Waals surface area contributed by atoms with Crippen molar-refractivity contribution in [2.24, 2.45) is 23.2 Å². The number of aliphatic carboxylic acids is 1. The van der Waals surface area contributed by atoms with E-state index >= 15 is 0 Å². The second kappa shape index (κ2) is 6.37. The number of hydrogen-bond acceptors (Lipinski definition) is 2. The van der Waals surface area contributed by atoms with Gasteiger partial charge in [0, 0.05) is 12.0 Å². The van der Waals surface area contributed by atoms with Gasteiger partial charge in [-0.2, -0.15) is 0 Å². The first-order valence-electron chi connectivity index (χ1n) is 8.30. The fourth-order valence-corrected chi connectivity index (χ4v) is 4.35. The summed E-state index contributed by atoms with van der Waals surface area (Å²) >= 11 is 0. The van der Waals surface area contributed by atoms with Crippen LogP contribution in [0.25, 0.3) is 0 Å². The van der Waals surface area contributed by atoms with Crippen LogP contribution in [0.5, 0.6) is 0 Å². The highest BCUT2D eigenvalue weighted by atomic mass is 16.4. The third-order valence-electron chi connectivity index (χ3n) is 5.18. The topological polar surface area (TPSA) is 66.4 Å². The van der Waals surface area contributed by atoms with Crippen molar-refractivity contribution in [2.45, 2.75) is 71.8 Å². The van der Waals surface area contributed by atoms with Crippen molar-refractivity contribution in [3.8, 4) is 0 Å². The van der Waals surface area contributed by atoms with Gasteiger partial charge in [-0.1, -0.05) is 20.8 Å². The van der Waals surface area contributed by atoms with Gasteiger partial charge in [0.15, 0.2) is 0 Å². The standard InChI is InChI=1S/C17H29NO3/c1-11-8-13(10-17(2,3)9-11)15(19)18-14-6-4-12(5-7-14)16(20)21/h11-14H,4-10H2,1-3H3,(H,18,19)(H,20,21). The quantitative estimate of drug-likeness (QED) is 0.840. The zero-order valence-electron chi connectivity index (χ0n) is 13.5. The molecule has 0 bridgehead atoms. The highest BCUT2D eigenvalue weighted by molar-refractivity contribution is 5.79. The molecular weight excluding hydrogens is 266 g/mol. The van der Waals surface area contributed by atoms with Crippen LogP contribution in [0.15, 0.2) is 0 Å². The monoisotopic (exact) mass is 295 g/mol. The van der Waals surface area contributed by atoms with Gasteiger partial charge in [-0.25, -0.2) is 0 Å². The maximum Gasteiger partial charge on any atom is 0.306 e. The normalized spacial score (nSPS) is 36.0. The first kappa shape index (κ1) is 16.3. The van der Waals surface area contributed by atoms with Gasteiger partial charge >= 0.3 is 5.97 Å². The maximum absolute atomic E-state index is 12.5. The Labute approximate surface area is 127 Å². The third kappa shape index (κ3) is 4.45. The van der Waals surface area contributed by atoms with Crippen molar-refractivity contribution in [3.63, 3.8) is 0 Å². The first-order valence-corrected chi connectivity index (χ1v) is 8.30. The predicted molar refractivity (Wildman–Crippen MR) is 81.8 cm³/mol. The summed E-state index contributed by atoms with van der Waals surface area (Å²) in [6.07, 6.45) is 6.12. The molecule has 2 atom stereocenters. The Morgan fingerprint density at radius 1 is 1.05 bits per heavy atom. The minimum absolute atomic E-state index is 0.126. The first-order chi connectivity index (χ1) is 9.77.